The van der Waals surface area contributed by atoms with Gasteiger partial charge in [0, 0.05) is 31.3 Å². The van der Waals surface area contributed by atoms with E-state index < -0.39 is 18.1 Å². The Morgan fingerprint density at radius 3 is 2.55 bits per heavy atom. The van der Waals surface area contributed by atoms with Crippen LogP contribution < -0.4 is 9.80 Å². The van der Waals surface area contributed by atoms with Crippen molar-refractivity contribution in [2.45, 2.75) is 30.5 Å². The molecule has 4 heterocycles. The molecular formula is C21H20F4N5P. The number of rotatable bonds is 4. The van der Waals surface area contributed by atoms with Crippen LogP contribution in [-0.2, 0) is 5.66 Å². The zero-order valence-corrected chi connectivity index (χ0v) is 17.6. The lowest BCUT2D eigenvalue weighted by atomic mass is 9.90. The molecule has 1 aromatic carbocycles. The van der Waals surface area contributed by atoms with Crippen molar-refractivity contribution in [2.75, 3.05) is 29.4 Å². The SMILES string of the molecule is FC1(F)CCN(c2nc(N3CCC3c3ccccc3C(F)(F)P)c3cccnc3n2)C1. The lowest BCUT2D eigenvalue weighted by Crippen LogP contribution is -2.42. The van der Waals surface area contributed by atoms with Crippen molar-refractivity contribution in [3.8, 4) is 0 Å². The normalized spacial score (nSPS) is 20.9. The summed E-state index contributed by atoms with van der Waals surface area (Å²) in [6, 6.07) is 9.72. The Kier molecular flexibility index (Phi) is 4.77. The molecule has 0 saturated carbocycles. The van der Waals surface area contributed by atoms with Crippen molar-refractivity contribution >= 4 is 32.0 Å². The van der Waals surface area contributed by atoms with Gasteiger partial charge < -0.3 is 9.80 Å². The van der Waals surface area contributed by atoms with Crippen molar-refractivity contribution in [3.63, 3.8) is 0 Å². The molecule has 162 valence electrons. The van der Waals surface area contributed by atoms with Crippen LogP contribution in [0.5, 0.6) is 0 Å². The highest BCUT2D eigenvalue weighted by atomic mass is 31.0. The van der Waals surface area contributed by atoms with Gasteiger partial charge in [-0.2, -0.15) is 18.7 Å². The Balaban J connectivity index is 1.58. The molecule has 2 aliphatic rings. The lowest BCUT2D eigenvalue weighted by molar-refractivity contribution is 0.0256. The highest BCUT2D eigenvalue weighted by Gasteiger charge is 2.41. The average molecular weight is 449 g/mol. The minimum absolute atomic E-state index is 0.0504. The van der Waals surface area contributed by atoms with E-state index in [2.05, 4.69) is 15.0 Å². The summed E-state index contributed by atoms with van der Waals surface area (Å²) in [5.74, 6) is -2.07. The van der Waals surface area contributed by atoms with Crippen LogP contribution in [0.15, 0.2) is 42.6 Å². The van der Waals surface area contributed by atoms with E-state index in [9.17, 15) is 17.6 Å². The Bertz CT molecular complexity index is 1140. The molecule has 2 unspecified atom stereocenters. The summed E-state index contributed by atoms with van der Waals surface area (Å²) in [6.45, 7) is 0.310. The summed E-state index contributed by atoms with van der Waals surface area (Å²) in [5, 5.41) is 0.664. The van der Waals surface area contributed by atoms with Crippen LogP contribution in [0.3, 0.4) is 0 Å². The predicted molar refractivity (Wildman–Crippen MR) is 114 cm³/mol. The summed E-state index contributed by atoms with van der Waals surface area (Å²) in [4.78, 5) is 16.7. The van der Waals surface area contributed by atoms with E-state index in [1.165, 1.54) is 11.0 Å². The minimum Gasteiger partial charge on any atom is -0.349 e. The van der Waals surface area contributed by atoms with Gasteiger partial charge in [-0.1, -0.05) is 33.5 Å². The van der Waals surface area contributed by atoms with Gasteiger partial charge in [-0.25, -0.2) is 13.8 Å². The van der Waals surface area contributed by atoms with Crippen LogP contribution in [0.2, 0.25) is 0 Å². The van der Waals surface area contributed by atoms with Gasteiger partial charge in [0.1, 0.15) is 5.82 Å². The molecular weight excluding hydrogens is 429 g/mol. The van der Waals surface area contributed by atoms with Crippen molar-refractivity contribution in [2.24, 2.45) is 0 Å². The maximum absolute atomic E-state index is 14.2. The first-order valence-electron chi connectivity index (χ1n) is 10.0. The standard InChI is InChI=1S/C21H20F4N5P/c22-20(23)8-11-29(12-20)19-27-17-14(5-3-9-26-17)18(28-19)30-10-7-16(30)13-4-1-2-6-15(13)21(24,25)31/h1-6,9,16H,7-8,10-12,31H2. The molecule has 0 radical (unpaired) electrons. The monoisotopic (exact) mass is 449 g/mol. The molecule has 5 nitrogen and oxygen atoms in total. The molecule has 2 aliphatic heterocycles. The number of aromatic nitrogens is 3. The Morgan fingerprint density at radius 2 is 1.87 bits per heavy atom. The summed E-state index contributed by atoms with van der Waals surface area (Å²) >= 11 is 0. The number of anilines is 2. The Labute approximate surface area is 178 Å². The zero-order valence-electron chi connectivity index (χ0n) is 16.5. The fraction of sp³-hybridized carbons (Fsp3) is 0.381. The Morgan fingerprint density at radius 1 is 1.06 bits per heavy atom. The Hall–Kier alpha value is -2.54. The van der Waals surface area contributed by atoms with Gasteiger partial charge in [-0.05, 0) is 24.1 Å². The molecule has 0 bridgehead atoms. The highest BCUT2D eigenvalue weighted by molar-refractivity contribution is 7.17. The van der Waals surface area contributed by atoms with Gasteiger partial charge >= 0.3 is 0 Å². The maximum atomic E-state index is 14.2. The summed E-state index contributed by atoms with van der Waals surface area (Å²) in [6.07, 6.45) is 2.01. The number of pyridine rings is 1. The molecule has 2 atom stereocenters. The topological polar surface area (TPSA) is 45.2 Å². The second-order valence-electron chi connectivity index (χ2n) is 7.96. The van der Waals surface area contributed by atoms with E-state index in [-0.39, 0.29) is 30.5 Å². The van der Waals surface area contributed by atoms with E-state index in [4.69, 9.17) is 0 Å². The number of nitrogens with zero attached hydrogens (tertiary/aromatic N) is 5. The first kappa shape index (κ1) is 20.4. The quantitative estimate of drug-likeness (QED) is 0.425. The molecule has 0 aliphatic carbocycles. The molecule has 2 saturated heterocycles. The maximum Gasteiger partial charge on any atom is 0.284 e. The average Bonchev–Trinajstić information content (AvgIpc) is 3.06. The number of hydrogen-bond acceptors (Lipinski definition) is 5. The van der Waals surface area contributed by atoms with Crippen LogP contribution >= 0.6 is 9.24 Å². The van der Waals surface area contributed by atoms with Gasteiger partial charge in [0.25, 0.3) is 11.6 Å². The van der Waals surface area contributed by atoms with E-state index in [1.807, 2.05) is 11.0 Å². The third-order valence-electron chi connectivity index (χ3n) is 5.86. The highest BCUT2D eigenvalue weighted by Crippen LogP contribution is 2.46. The third kappa shape index (κ3) is 3.69. The van der Waals surface area contributed by atoms with E-state index in [0.29, 0.717) is 35.4 Å². The smallest absolute Gasteiger partial charge is 0.284 e. The number of alkyl halides is 4. The first-order valence-corrected chi connectivity index (χ1v) is 10.6. The second-order valence-corrected chi connectivity index (χ2v) is 8.68. The lowest BCUT2D eigenvalue weighted by Gasteiger charge is -2.44. The minimum atomic E-state index is -3.06. The number of fused-ring (bicyclic) bond motifs is 1. The van der Waals surface area contributed by atoms with Crippen LogP contribution in [0.1, 0.15) is 30.0 Å². The van der Waals surface area contributed by atoms with Crippen molar-refractivity contribution in [3.05, 3.63) is 53.7 Å². The molecule has 2 aromatic heterocycles. The van der Waals surface area contributed by atoms with Gasteiger partial charge in [0.05, 0.1) is 18.0 Å². The molecule has 0 N–H and O–H groups in total. The van der Waals surface area contributed by atoms with Crippen LogP contribution in [0.4, 0.5) is 29.3 Å². The molecule has 0 spiro atoms. The van der Waals surface area contributed by atoms with Gasteiger partial charge in [0.2, 0.25) is 5.95 Å². The number of hydrogen-bond donors (Lipinski definition) is 0. The van der Waals surface area contributed by atoms with E-state index in [0.717, 1.165) is 0 Å². The molecule has 0 amide bonds. The third-order valence-corrected chi connectivity index (χ3v) is 6.17. The summed E-state index contributed by atoms with van der Waals surface area (Å²) in [5.41, 5.74) is -2.18. The number of benzene rings is 1. The molecule has 3 aromatic rings. The molecule has 10 heteroatoms. The summed E-state index contributed by atoms with van der Waals surface area (Å²) in [7, 11) is 1.60. The van der Waals surface area contributed by atoms with Crippen LogP contribution in [0, 0.1) is 0 Å². The van der Waals surface area contributed by atoms with E-state index in [1.54, 1.807) is 39.7 Å². The molecule has 2 fully saturated rings. The van der Waals surface area contributed by atoms with Crippen LogP contribution in [-0.4, -0.2) is 40.5 Å². The second kappa shape index (κ2) is 7.26. The largest absolute Gasteiger partial charge is 0.349 e. The van der Waals surface area contributed by atoms with E-state index >= 15 is 0 Å². The van der Waals surface area contributed by atoms with Gasteiger partial charge in [-0.3, -0.25) is 0 Å². The fourth-order valence-electron chi connectivity index (χ4n) is 4.26. The predicted octanol–water partition coefficient (Wildman–Crippen LogP) is 4.75. The van der Waals surface area contributed by atoms with Gasteiger partial charge in [-0.15, -0.1) is 0 Å². The number of halogens is 4. The van der Waals surface area contributed by atoms with Crippen molar-refractivity contribution in [1.82, 2.24) is 15.0 Å². The summed E-state index contributed by atoms with van der Waals surface area (Å²) < 4.78 is 55.9. The van der Waals surface area contributed by atoms with Crippen molar-refractivity contribution < 1.29 is 17.6 Å². The van der Waals surface area contributed by atoms with Crippen LogP contribution in [0.25, 0.3) is 11.0 Å². The molecule has 5 rings (SSSR count). The molecule has 31 heavy (non-hydrogen) atoms. The fourth-order valence-corrected chi connectivity index (χ4v) is 4.52. The zero-order chi connectivity index (χ0) is 21.8. The van der Waals surface area contributed by atoms with Gasteiger partial charge in [0.15, 0.2) is 5.65 Å². The van der Waals surface area contributed by atoms with Crippen molar-refractivity contribution in [1.29, 1.82) is 0 Å². The first-order chi connectivity index (χ1) is 14.7.